The van der Waals surface area contributed by atoms with Crippen molar-refractivity contribution in [2.24, 2.45) is 0 Å². The molecule has 1 fully saturated rings. The highest BCUT2D eigenvalue weighted by Crippen LogP contribution is 2.28. The van der Waals surface area contributed by atoms with E-state index in [2.05, 4.69) is 24.4 Å². The third kappa shape index (κ3) is 1.70. The average Bonchev–Trinajstić information content (AvgIpc) is 2.54. The van der Waals surface area contributed by atoms with Crippen LogP contribution in [-0.4, -0.2) is 6.54 Å². The Morgan fingerprint density at radius 2 is 2.33 bits per heavy atom. The summed E-state index contributed by atoms with van der Waals surface area (Å²) >= 11 is 1.93. The summed E-state index contributed by atoms with van der Waals surface area (Å²) in [5, 5.41) is 3.56. The van der Waals surface area contributed by atoms with E-state index in [-0.39, 0.29) is 0 Å². The van der Waals surface area contributed by atoms with Crippen molar-refractivity contribution in [1.29, 1.82) is 0 Å². The summed E-state index contributed by atoms with van der Waals surface area (Å²) in [7, 11) is 0. The van der Waals surface area contributed by atoms with E-state index in [1.165, 1.54) is 35.6 Å². The van der Waals surface area contributed by atoms with Crippen molar-refractivity contribution in [3.05, 3.63) is 21.9 Å². The van der Waals surface area contributed by atoms with E-state index in [0.29, 0.717) is 6.04 Å². The van der Waals surface area contributed by atoms with Gasteiger partial charge in [-0.25, -0.2) is 0 Å². The molecule has 0 aromatic carbocycles. The van der Waals surface area contributed by atoms with Crippen LogP contribution in [0.15, 0.2) is 12.1 Å². The van der Waals surface area contributed by atoms with E-state index in [9.17, 15) is 0 Å². The van der Waals surface area contributed by atoms with E-state index in [1.54, 1.807) is 0 Å². The van der Waals surface area contributed by atoms with Crippen LogP contribution in [0.1, 0.15) is 35.1 Å². The standard InChI is InChI=1S/C10H15NS/c1-8-5-6-10(12-8)9-4-2-3-7-11-9/h5-6,9,11H,2-4,7H2,1H3/t9-/m1/s1. The second kappa shape index (κ2) is 3.58. The number of hydrogen-bond donors (Lipinski definition) is 1. The van der Waals surface area contributed by atoms with E-state index >= 15 is 0 Å². The Balaban J connectivity index is 2.08. The number of rotatable bonds is 1. The SMILES string of the molecule is Cc1ccc([C@H]2CCCCN2)s1. The first-order valence-electron chi connectivity index (χ1n) is 4.66. The molecule has 1 aromatic rings. The van der Waals surface area contributed by atoms with Gasteiger partial charge in [-0.3, -0.25) is 0 Å². The minimum Gasteiger partial charge on any atom is -0.309 e. The van der Waals surface area contributed by atoms with Gasteiger partial charge < -0.3 is 5.32 Å². The molecule has 1 aromatic heterocycles. The van der Waals surface area contributed by atoms with Crippen molar-refractivity contribution in [2.45, 2.75) is 32.2 Å². The van der Waals surface area contributed by atoms with Gasteiger partial charge in [0.2, 0.25) is 0 Å². The zero-order valence-electron chi connectivity index (χ0n) is 7.47. The fourth-order valence-corrected chi connectivity index (χ4v) is 2.72. The van der Waals surface area contributed by atoms with Gasteiger partial charge in [0.05, 0.1) is 0 Å². The maximum atomic E-state index is 3.56. The molecule has 12 heavy (non-hydrogen) atoms. The van der Waals surface area contributed by atoms with Crippen molar-refractivity contribution in [1.82, 2.24) is 5.32 Å². The molecule has 2 rings (SSSR count). The average molecular weight is 181 g/mol. The Morgan fingerprint density at radius 1 is 1.42 bits per heavy atom. The lowest BCUT2D eigenvalue weighted by atomic mass is 10.0. The van der Waals surface area contributed by atoms with Crippen LogP contribution in [0.5, 0.6) is 0 Å². The van der Waals surface area contributed by atoms with Crippen molar-refractivity contribution in [3.8, 4) is 0 Å². The predicted molar refractivity (Wildman–Crippen MR) is 53.7 cm³/mol. The molecule has 1 aliphatic rings. The van der Waals surface area contributed by atoms with Gasteiger partial charge >= 0.3 is 0 Å². The summed E-state index contributed by atoms with van der Waals surface area (Å²) in [6.07, 6.45) is 4.05. The first kappa shape index (κ1) is 8.27. The summed E-state index contributed by atoms with van der Waals surface area (Å²) in [5.41, 5.74) is 0. The first-order chi connectivity index (χ1) is 5.86. The molecule has 1 saturated heterocycles. The summed E-state index contributed by atoms with van der Waals surface area (Å²) in [5.74, 6) is 0. The molecule has 0 unspecified atom stereocenters. The first-order valence-corrected chi connectivity index (χ1v) is 5.47. The summed E-state index contributed by atoms with van der Waals surface area (Å²) in [4.78, 5) is 2.95. The molecule has 0 saturated carbocycles. The molecule has 0 radical (unpaired) electrons. The Labute approximate surface area is 77.8 Å². The van der Waals surface area contributed by atoms with Gasteiger partial charge in [-0.15, -0.1) is 11.3 Å². The molecular weight excluding hydrogens is 166 g/mol. The summed E-state index contributed by atoms with van der Waals surface area (Å²) in [6, 6.07) is 5.14. The monoisotopic (exact) mass is 181 g/mol. The Bertz CT molecular complexity index is 248. The van der Waals surface area contributed by atoms with Crippen LogP contribution >= 0.6 is 11.3 Å². The largest absolute Gasteiger partial charge is 0.309 e. The molecule has 2 heterocycles. The fourth-order valence-electron chi connectivity index (χ4n) is 1.74. The molecular formula is C10H15NS. The van der Waals surface area contributed by atoms with Gasteiger partial charge in [0.15, 0.2) is 0 Å². The van der Waals surface area contributed by atoms with Crippen LogP contribution in [0.25, 0.3) is 0 Å². The van der Waals surface area contributed by atoms with E-state index in [4.69, 9.17) is 0 Å². The Hall–Kier alpha value is -0.340. The summed E-state index contributed by atoms with van der Waals surface area (Å²) in [6.45, 7) is 3.37. The molecule has 66 valence electrons. The molecule has 2 heteroatoms. The van der Waals surface area contributed by atoms with Gasteiger partial charge in [-0.05, 0) is 38.4 Å². The van der Waals surface area contributed by atoms with Crippen LogP contribution in [0.3, 0.4) is 0 Å². The van der Waals surface area contributed by atoms with Crippen molar-refractivity contribution in [2.75, 3.05) is 6.54 Å². The van der Waals surface area contributed by atoms with Gasteiger partial charge in [-0.1, -0.05) is 6.42 Å². The summed E-state index contributed by atoms with van der Waals surface area (Å²) < 4.78 is 0. The van der Waals surface area contributed by atoms with Crippen molar-refractivity contribution < 1.29 is 0 Å². The Morgan fingerprint density at radius 3 is 2.92 bits per heavy atom. The van der Waals surface area contributed by atoms with E-state index in [0.717, 1.165) is 0 Å². The molecule has 1 aliphatic heterocycles. The normalized spacial score (nSPS) is 24.2. The second-order valence-electron chi connectivity index (χ2n) is 3.45. The minimum absolute atomic E-state index is 0.650. The number of nitrogens with one attached hydrogen (secondary N) is 1. The Kier molecular flexibility index (Phi) is 2.47. The van der Waals surface area contributed by atoms with Crippen molar-refractivity contribution >= 4 is 11.3 Å². The molecule has 1 atom stereocenters. The third-order valence-corrected chi connectivity index (χ3v) is 3.53. The highest BCUT2D eigenvalue weighted by molar-refractivity contribution is 7.12. The van der Waals surface area contributed by atoms with Gasteiger partial charge in [0.25, 0.3) is 0 Å². The zero-order valence-corrected chi connectivity index (χ0v) is 8.29. The quantitative estimate of drug-likeness (QED) is 0.702. The van der Waals surface area contributed by atoms with Crippen LogP contribution in [0.2, 0.25) is 0 Å². The van der Waals surface area contributed by atoms with Crippen LogP contribution < -0.4 is 5.32 Å². The van der Waals surface area contributed by atoms with E-state index < -0.39 is 0 Å². The zero-order chi connectivity index (χ0) is 8.39. The van der Waals surface area contributed by atoms with Crippen LogP contribution in [0.4, 0.5) is 0 Å². The smallest absolute Gasteiger partial charge is 0.0414 e. The van der Waals surface area contributed by atoms with Gasteiger partial charge in [-0.2, -0.15) is 0 Å². The molecule has 0 aliphatic carbocycles. The maximum absolute atomic E-state index is 3.56. The number of hydrogen-bond acceptors (Lipinski definition) is 2. The van der Waals surface area contributed by atoms with Crippen LogP contribution in [0, 0.1) is 6.92 Å². The fraction of sp³-hybridized carbons (Fsp3) is 0.600. The van der Waals surface area contributed by atoms with Crippen molar-refractivity contribution in [3.63, 3.8) is 0 Å². The minimum atomic E-state index is 0.650. The highest BCUT2D eigenvalue weighted by Gasteiger charge is 2.15. The lowest BCUT2D eigenvalue weighted by molar-refractivity contribution is 0.417. The lowest BCUT2D eigenvalue weighted by Gasteiger charge is -2.22. The van der Waals surface area contributed by atoms with Gasteiger partial charge in [0.1, 0.15) is 0 Å². The number of thiophene rings is 1. The third-order valence-electron chi connectivity index (χ3n) is 2.41. The van der Waals surface area contributed by atoms with E-state index in [1.807, 2.05) is 11.3 Å². The number of piperidine rings is 1. The highest BCUT2D eigenvalue weighted by atomic mass is 32.1. The maximum Gasteiger partial charge on any atom is 0.0414 e. The molecule has 0 bridgehead atoms. The number of aryl methyl sites for hydroxylation is 1. The molecule has 0 spiro atoms. The topological polar surface area (TPSA) is 12.0 Å². The molecule has 0 amide bonds. The predicted octanol–water partition coefficient (Wildman–Crippen LogP) is 2.87. The second-order valence-corrected chi connectivity index (χ2v) is 4.77. The lowest BCUT2D eigenvalue weighted by Crippen LogP contribution is -2.25. The molecule has 1 nitrogen and oxygen atoms in total. The van der Waals surface area contributed by atoms with Crippen LogP contribution in [-0.2, 0) is 0 Å². The van der Waals surface area contributed by atoms with Gasteiger partial charge in [0, 0.05) is 15.8 Å². The molecule has 1 N–H and O–H groups in total.